The molecule has 2 aromatic rings. The zero-order valence-corrected chi connectivity index (χ0v) is 14.1. The van der Waals surface area contributed by atoms with Crippen LogP contribution in [-0.2, 0) is 10.5 Å². The van der Waals surface area contributed by atoms with Gasteiger partial charge in [0.05, 0.1) is 11.0 Å². The first-order valence-corrected chi connectivity index (χ1v) is 8.97. The number of rotatable bonds is 5. The average molecular weight is 344 g/mol. The van der Waals surface area contributed by atoms with Gasteiger partial charge < -0.3 is 16.4 Å². The molecule has 1 fully saturated rings. The summed E-state index contributed by atoms with van der Waals surface area (Å²) in [6.07, 6.45) is 2.97. The summed E-state index contributed by atoms with van der Waals surface area (Å²) in [5.74, 6) is 1.78. The van der Waals surface area contributed by atoms with Crippen LogP contribution >= 0.6 is 11.8 Å². The number of para-hydroxylation sites is 1. The molecule has 0 aliphatic carbocycles. The van der Waals surface area contributed by atoms with Crippen molar-refractivity contribution in [1.29, 1.82) is 0 Å². The Bertz CT molecular complexity index is 696. The molecule has 24 heavy (non-hydrogen) atoms. The number of thioether (sulfide) groups is 1. The number of hydrogen-bond acceptors (Lipinski definition) is 7. The first kappa shape index (κ1) is 16.5. The fourth-order valence-corrected chi connectivity index (χ4v) is 3.50. The van der Waals surface area contributed by atoms with E-state index in [1.54, 1.807) is 11.8 Å². The Morgan fingerprint density at radius 1 is 1.21 bits per heavy atom. The quantitative estimate of drug-likeness (QED) is 0.762. The van der Waals surface area contributed by atoms with Gasteiger partial charge in [-0.2, -0.15) is 15.0 Å². The predicted molar refractivity (Wildman–Crippen MR) is 95.9 cm³/mol. The summed E-state index contributed by atoms with van der Waals surface area (Å²) in [6.45, 7) is 0.764. The monoisotopic (exact) mass is 344 g/mol. The standard InChI is InChI=1S/C16H20N6OS/c17-15-20-13(10-24-12-8-4-5-9-18-14(12)23)21-16(22-15)19-11-6-2-1-3-7-11/h1-3,6-7,12H,4-5,8-10H2,(H,18,23)(H3,17,19,20,21,22). The minimum atomic E-state index is -0.0592. The maximum absolute atomic E-state index is 12.0. The van der Waals surface area contributed by atoms with E-state index in [9.17, 15) is 4.79 Å². The topological polar surface area (TPSA) is 106 Å². The molecular formula is C16H20N6OS. The van der Waals surface area contributed by atoms with E-state index in [0.717, 1.165) is 31.5 Å². The second-order valence-electron chi connectivity index (χ2n) is 5.51. The first-order chi connectivity index (χ1) is 11.7. The third kappa shape index (κ3) is 4.58. The van der Waals surface area contributed by atoms with Crippen LogP contribution in [0.5, 0.6) is 0 Å². The number of nitrogens with two attached hydrogens (primary N) is 1. The summed E-state index contributed by atoms with van der Waals surface area (Å²) >= 11 is 1.55. The number of benzene rings is 1. The highest BCUT2D eigenvalue weighted by Crippen LogP contribution is 2.23. The zero-order valence-electron chi connectivity index (χ0n) is 13.2. The van der Waals surface area contributed by atoms with E-state index in [-0.39, 0.29) is 17.1 Å². The first-order valence-electron chi connectivity index (χ1n) is 7.92. The highest BCUT2D eigenvalue weighted by Gasteiger charge is 2.21. The molecule has 1 saturated heterocycles. The van der Waals surface area contributed by atoms with Gasteiger partial charge in [-0.1, -0.05) is 24.6 Å². The molecule has 0 radical (unpaired) electrons. The highest BCUT2D eigenvalue weighted by molar-refractivity contribution is 7.99. The molecule has 0 bridgehead atoms. The molecule has 1 aliphatic rings. The van der Waals surface area contributed by atoms with Gasteiger partial charge in [-0.25, -0.2) is 0 Å². The Balaban J connectivity index is 1.66. The Kier molecular flexibility index (Phi) is 5.47. The normalized spacial score (nSPS) is 17.8. The zero-order chi connectivity index (χ0) is 16.8. The molecule has 1 aromatic heterocycles. The van der Waals surface area contributed by atoms with Crippen molar-refractivity contribution in [2.75, 3.05) is 17.6 Å². The summed E-state index contributed by atoms with van der Waals surface area (Å²) in [6, 6.07) is 9.63. The van der Waals surface area contributed by atoms with E-state index in [1.807, 2.05) is 30.3 Å². The van der Waals surface area contributed by atoms with Crippen molar-refractivity contribution >= 4 is 35.3 Å². The average Bonchev–Trinajstić information content (AvgIpc) is 2.78. The molecular weight excluding hydrogens is 324 g/mol. The minimum absolute atomic E-state index is 0.0592. The van der Waals surface area contributed by atoms with E-state index in [0.29, 0.717) is 17.5 Å². The summed E-state index contributed by atoms with van der Waals surface area (Å²) < 4.78 is 0. The molecule has 0 saturated carbocycles. The molecule has 1 aliphatic heterocycles. The van der Waals surface area contributed by atoms with Crippen molar-refractivity contribution in [1.82, 2.24) is 20.3 Å². The van der Waals surface area contributed by atoms with Crippen LogP contribution in [0.25, 0.3) is 0 Å². The van der Waals surface area contributed by atoms with Crippen LogP contribution in [0.1, 0.15) is 25.1 Å². The van der Waals surface area contributed by atoms with Crippen molar-refractivity contribution in [2.24, 2.45) is 0 Å². The Hall–Kier alpha value is -2.35. The van der Waals surface area contributed by atoms with Gasteiger partial charge in [0, 0.05) is 12.2 Å². The van der Waals surface area contributed by atoms with Crippen LogP contribution in [0, 0.1) is 0 Å². The SMILES string of the molecule is Nc1nc(CSC2CCCCNC2=O)nc(Nc2ccccc2)n1. The van der Waals surface area contributed by atoms with Crippen molar-refractivity contribution < 1.29 is 4.79 Å². The van der Waals surface area contributed by atoms with Gasteiger partial charge >= 0.3 is 0 Å². The molecule has 1 atom stereocenters. The molecule has 4 N–H and O–H groups in total. The van der Waals surface area contributed by atoms with Crippen LogP contribution in [0.2, 0.25) is 0 Å². The lowest BCUT2D eigenvalue weighted by Crippen LogP contribution is -2.30. The molecule has 0 spiro atoms. The Morgan fingerprint density at radius 3 is 2.88 bits per heavy atom. The number of nitrogens with zero attached hydrogens (tertiary/aromatic N) is 3. The van der Waals surface area contributed by atoms with E-state index in [2.05, 4.69) is 25.6 Å². The maximum atomic E-state index is 12.0. The number of anilines is 3. The number of hydrogen-bond donors (Lipinski definition) is 3. The number of amides is 1. The molecule has 126 valence electrons. The van der Waals surface area contributed by atoms with Gasteiger partial charge in [-0.3, -0.25) is 4.79 Å². The van der Waals surface area contributed by atoms with E-state index in [4.69, 9.17) is 5.73 Å². The van der Waals surface area contributed by atoms with Gasteiger partial charge in [0.1, 0.15) is 5.82 Å². The van der Waals surface area contributed by atoms with Crippen LogP contribution in [0.15, 0.2) is 30.3 Å². The fraction of sp³-hybridized carbons (Fsp3) is 0.375. The Morgan fingerprint density at radius 2 is 2.04 bits per heavy atom. The third-order valence-corrected chi connectivity index (χ3v) is 4.90. The van der Waals surface area contributed by atoms with Crippen molar-refractivity contribution in [3.8, 4) is 0 Å². The number of aromatic nitrogens is 3. The van der Waals surface area contributed by atoms with E-state index >= 15 is 0 Å². The minimum Gasteiger partial charge on any atom is -0.368 e. The predicted octanol–water partition coefficient (Wildman–Crippen LogP) is 2.10. The second kappa shape index (κ2) is 7.96. The molecule has 3 rings (SSSR count). The van der Waals surface area contributed by atoms with Gasteiger partial charge in [-0.05, 0) is 25.0 Å². The second-order valence-corrected chi connectivity index (χ2v) is 6.70. The number of nitrogen functional groups attached to an aromatic ring is 1. The van der Waals surface area contributed by atoms with Gasteiger partial charge in [-0.15, -0.1) is 11.8 Å². The third-order valence-electron chi connectivity index (χ3n) is 3.63. The summed E-state index contributed by atoms with van der Waals surface area (Å²) in [5, 5.41) is 5.99. The van der Waals surface area contributed by atoms with Crippen molar-refractivity contribution in [3.05, 3.63) is 36.2 Å². The lowest BCUT2D eigenvalue weighted by atomic mass is 10.2. The molecule has 2 heterocycles. The number of carbonyl (C=O) groups excluding carboxylic acids is 1. The van der Waals surface area contributed by atoms with E-state index in [1.165, 1.54) is 0 Å². The summed E-state index contributed by atoms with van der Waals surface area (Å²) in [7, 11) is 0. The Labute approximate surface area is 144 Å². The van der Waals surface area contributed by atoms with E-state index < -0.39 is 0 Å². The van der Waals surface area contributed by atoms with Crippen LogP contribution < -0.4 is 16.4 Å². The maximum Gasteiger partial charge on any atom is 0.233 e. The number of carbonyl (C=O) groups is 1. The van der Waals surface area contributed by atoms with Crippen molar-refractivity contribution in [3.63, 3.8) is 0 Å². The fourth-order valence-electron chi connectivity index (χ4n) is 2.45. The highest BCUT2D eigenvalue weighted by atomic mass is 32.2. The summed E-state index contributed by atoms with van der Waals surface area (Å²) in [4.78, 5) is 24.7. The molecule has 1 unspecified atom stereocenters. The number of nitrogens with one attached hydrogen (secondary N) is 2. The largest absolute Gasteiger partial charge is 0.368 e. The van der Waals surface area contributed by atoms with Gasteiger partial charge in [0.2, 0.25) is 17.8 Å². The lowest BCUT2D eigenvalue weighted by molar-refractivity contribution is -0.120. The smallest absolute Gasteiger partial charge is 0.233 e. The van der Waals surface area contributed by atoms with Gasteiger partial charge in [0.25, 0.3) is 0 Å². The molecule has 1 aromatic carbocycles. The van der Waals surface area contributed by atoms with Crippen LogP contribution in [0.4, 0.5) is 17.6 Å². The molecule has 1 amide bonds. The lowest BCUT2D eigenvalue weighted by Gasteiger charge is -2.12. The molecule has 8 heteroatoms. The van der Waals surface area contributed by atoms with Crippen LogP contribution in [-0.4, -0.2) is 32.7 Å². The van der Waals surface area contributed by atoms with Gasteiger partial charge in [0.15, 0.2) is 0 Å². The van der Waals surface area contributed by atoms with Crippen molar-refractivity contribution in [2.45, 2.75) is 30.3 Å². The summed E-state index contributed by atoms with van der Waals surface area (Å²) in [5.41, 5.74) is 6.66. The molecule has 7 nitrogen and oxygen atoms in total. The van der Waals surface area contributed by atoms with Crippen LogP contribution in [0.3, 0.4) is 0 Å².